The van der Waals surface area contributed by atoms with E-state index in [1.54, 1.807) is 0 Å². The van der Waals surface area contributed by atoms with Gasteiger partial charge >= 0.3 is 0 Å². The van der Waals surface area contributed by atoms with E-state index in [1.165, 1.54) is 6.20 Å². The number of rotatable bonds is 2. The van der Waals surface area contributed by atoms with E-state index in [-0.39, 0.29) is 5.91 Å². The fraction of sp³-hybridized carbons (Fsp3) is 0.308. The summed E-state index contributed by atoms with van der Waals surface area (Å²) in [6, 6.07) is 7.79. The molecule has 104 valence electrons. The third-order valence-electron chi connectivity index (χ3n) is 3.32. The number of hydrogen-bond acceptors (Lipinski definition) is 5. The van der Waals surface area contributed by atoms with Crippen molar-refractivity contribution in [2.45, 2.75) is 0 Å². The highest BCUT2D eigenvalue weighted by Crippen LogP contribution is 2.21. The van der Waals surface area contributed by atoms with Crippen LogP contribution in [-0.2, 0) is 0 Å². The summed E-state index contributed by atoms with van der Waals surface area (Å²) in [5, 5.41) is 0.731. The Morgan fingerprint density at radius 2 is 2.05 bits per heavy atom. The van der Waals surface area contributed by atoms with Crippen LogP contribution in [0.1, 0.15) is 10.5 Å². The molecule has 0 N–H and O–H groups in total. The Morgan fingerprint density at radius 3 is 2.70 bits per heavy atom. The van der Waals surface area contributed by atoms with Crippen molar-refractivity contribution in [1.29, 1.82) is 0 Å². The Bertz CT molecular complexity index is 596. The second kappa shape index (κ2) is 5.76. The number of halogens is 1. The molecule has 0 radical (unpaired) electrons. The predicted octanol–water partition coefficient (Wildman–Crippen LogP) is 2.15. The lowest BCUT2D eigenvalue weighted by molar-refractivity contribution is 0.0742. The Balaban J connectivity index is 1.64. The van der Waals surface area contributed by atoms with Crippen LogP contribution < -0.4 is 4.90 Å². The summed E-state index contributed by atoms with van der Waals surface area (Å²) in [5.74, 6) is -0.0375. The first-order valence-corrected chi connectivity index (χ1v) is 7.42. The molecule has 0 unspecified atom stereocenters. The maximum Gasteiger partial charge on any atom is 0.275 e. The molecule has 1 aromatic carbocycles. The van der Waals surface area contributed by atoms with Crippen molar-refractivity contribution in [2.24, 2.45) is 0 Å². The van der Waals surface area contributed by atoms with Crippen molar-refractivity contribution in [1.82, 2.24) is 13.6 Å². The maximum absolute atomic E-state index is 12.1. The fourth-order valence-electron chi connectivity index (χ4n) is 2.26. The van der Waals surface area contributed by atoms with Gasteiger partial charge in [0.05, 0.1) is 17.9 Å². The van der Waals surface area contributed by atoms with Crippen LogP contribution in [0.5, 0.6) is 0 Å². The molecule has 1 aliphatic rings. The minimum Gasteiger partial charge on any atom is -0.368 e. The number of amides is 1. The summed E-state index contributed by atoms with van der Waals surface area (Å²) in [7, 11) is 0. The molecular formula is C13H13ClN4OS. The summed E-state index contributed by atoms with van der Waals surface area (Å²) < 4.78 is 7.86. The molecule has 5 nitrogen and oxygen atoms in total. The minimum absolute atomic E-state index is 0.0375. The van der Waals surface area contributed by atoms with Crippen LogP contribution in [0, 0.1) is 0 Å². The number of benzene rings is 1. The van der Waals surface area contributed by atoms with Gasteiger partial charge in [0.25, 0.3) is 5.91 Å². The first-order chi connectivity index (χ1) is 9.74. The first kappa shape index (κ1) is 13.3. The first-order valence-electron chi connectivity index (χ1n) is 6.31. The smallest absolute Gasteiger partial charge is 0.275 e. The molecule has 0 saturated carbocycles. The van der Waals surface area contributed by atoms with E-state index < -0.39 is 0 Å². The van der Waals surface area contributed by atoms with Crippen LogP contribution in [0.4, 0.5) is 5.69 Å². The van der Waals surface area contributed by atoms with Crippen molar-refractivity contribution in [3.63, 3.8) is 0 Å². The van der Waals surface area contributed by atoms with E-state index in [2.05, 4.69) is 13.6 Å². The minimum atomic E-state index is -0.0375. The normalized spacial score (nSPS) is 15.4. The number of piperazine rings is 1. The van der Waals surface area contributed by atoms with Gasteiger partial charge in [-0.2, -0.15) is 8.75 Å². The number of carbonyl (C=O) groups excluding carboxylic acids is 1. The predicted molar refractivity (Wildman–Crippen MR) is 79.5 cm³/mol. The van der Waals surface area contributed by atoms with Gasteiger partial charge in [-0.05, 0) is 18.2 Å². The van der Waals surface area contributed by atoms with Gasteiger partial charge in [0, 0.05) is 36.9 Å². The molecule has 0 aliphatic carbocycles. The Morgan fingerprint density at radius 1 is 1.25 bits per heavy atom. The van der Waals surface area contributed by atoms with Gasteiger partial charge < -0.3 is 9.80 Å². The fourth-order valence-corrected chi connectivity index (χ4v) is 2.85. The van der Waals surface area contributed by atoms with Crippen molar-refractivity contribution < 1.29 is 4.79 Å². The molecule has 1 aromatic heterocycles. The molecule has 3 rings (SSSR count). The maximum atomic E-state index is 12.1. The highest BCUT2D eigenvalue weighted by atomic mass is 35.5. The Hall–Kier alpha value is -1.66. The molecule has 1 saturated heterocycles. The number of anilines is 1. The van der Waals surface area contributed by atoms with Gasteiger partial charge in [0.1, 0.15) is 0 Å². The molecular weight excluding hydrogens is 296 g/mol. The van der Waals surface area contributed by atoms with Crippen LogP contribution in [0.15, 0.2) is 30.5 Å². The van der Waals surface area contributed by atoms with Crippen molar-refractivity contribution in [3.8, 4) is 0 Å². The van der Waals surface area contributed by atoms with Crippen LogP contribution >= 0.6 is 23.3 Å². The zero-order valence-corrected chi connectivity index (χ0v) is 12.3. The lowest BCUT2D eigenvalue weighted by Gasteiger charge is -2.35. The average Bonchev–Trinajstić information content (AvgIpc) is 3.01. The zero-order chi connectivity index (χ0) is 13.9. The molecule has 0 bridgehead atoms. The highest BCUT2D eigenvalue weighted by Gasteiger charge is 2.23. The summed E-state index contributed by atoms with van der Waals surface area (Å²) in [4.78, 5) is 16.2. The quantitative estimate of drug-likeness (QED) is 0.853. The van der Waals surface area contributed by atoms with E-state index in [1.807, 2.05) is 29.2 Å². The average molecular weight is 309 g/mol. The number of hydrogen-bond donors (Lipinski definition) is 0. The molecule has 2 heterocycles. The lowest BCUT2D eigenvalue weighted by Crippen LogP contribution is -2.48. The van der Waals surface area contributed by atoms with Crippen molar-refractivity contribution in [2.75, 3.05) is 31.1 Å². The summed E-state index contributed by atoms with van der Waals surface area (Å²) in [6.07, 6.45) is 1.52. The number of carbonyl (C=O) groups is 1. The standard InChI is InChI=1S/C13H13ClN4OS/c14-10-2-1-3-11(8-10)17-4-6-18(7-5-17)13(19)12-9-15-20-16-12/h1-3,8-9H,4-7H2. The number of aromatic nitrogens is 2. The lowest BCUT2D eigenvalue weighted by atomic mass is 10.2. The zero-order valence-electron chi connectivity index (χ0n) is 10.7. The number of nitrogens with zero attached hydrogens (tertiary/aromatic N) is 4. The van der Waals surface area contributed by atoms with Gasteiger partial charge in [-0.25, -0.2) is 0 Å². The van der Waals surface area contributed by atoms with Crippen LogP contribution in [-0.4, -0.2) is 45.7 Å². The van der Waals surface area contributed by atoms with Gasteiger partial charge in [-0.15, -0.1) is 0 Å². The van der Waals surface area contributed by atoms with Crippen molar-refractivity contribution >= 4 is 34.9 Å². The third kappa shape index (κ3) is 2.76. The monoisotopic (exact) mass is 308 g/mol. The molecule has 20 heavy (non-hydrogen) atoms. The molecule has 1 fully saturated rings. The second-order valence-electron chi connectivity index (χ2n) is 4.55. The van der Waals surface area contributed by atoms with E-state index in [4.69, 9.17) is 11.6 Å². The summed E-state index contributed by atoms with van der Waals surface area (Å²) in [6.45, 7) is 2.96. The molecule has 1 amide bonds. The van der Waals surface area contributed by atoms with E-state index in [0.29, 0.717) is 18.8 Å². The summed E-state index contributed by atoms with van der Waals surface area (Å²) >= 11 is 7.06. The Kier molecular flexibility index (Phi) is 3.84. The third-order valence-corrected chi connectivity index (χ3v) is 4.03. The summed E-state index contributed by atoms with van der Waals surface area (Å²) in [5.41, 5.74) is 1.53. The molecule has 1 aliphatic heterocycles. The second-order valence-corrected chi connectivity index (χ2v) is 5.54. The van der Waals surface area contributed by atoms with Gasteiger partial charge in [0.2, 0.25) is 0 Å². The van der Waals surface area contributed by atoms with Crippen LogP contribution in [0.2, 0.25) is 5.02 Å². The van der Waals surface area contributed by atoms with Crippen molar-refractivity contribution in [3.05, 3.63) is 41.2 Å². The van der Waals surface area contributed by atoms with Gasteiger partial charge in [-0.1, -0.05) is 17.7 Å². The van der Waals surface area contributed by atoms with Crippen LogP contribution in [0.3, 0.4) is 0 Å². The molecule has 0 atom stereocenters. The molecule has 7 heteroatoms. The van der Waals surface area contributed by atoms with E-state index in [0.717, 1.165) is 35.5 Å². The topological polar surface area (TPSA) is 49.3 Å². The largest absolute Gasteiger partial charge is 0.368 e. The Labute approximate surface area is 126 Å². The highest BCUT2D eigenvalue weighted by molar-refractivity contribution is 6.99. The van der Waals surface area contributed by atoms with Gasteiger partial charge in [-0.3, -0.25) is 4.79 Å². The molecule has 0 spiro atoms. The van der Waals surface area contributed by atoms with Crippen LogP contribution in [0.25, 0.3) is 0 Å². The van der Waals surface area contributed by atoms with Gasteiger partial charge in [0.15, 0.2) is 5.69 Å². The van der Waals surface area contributed by atoms with E-state index in [9.17, 15) is 4.79 Å². The SMILES string of the molecule is O=C(c1cnsn1)N1CCN(c2cccc(Cl)c2)CC1. The van der Waals surface area contributed by atoms with E-state index >= 15 is 0 Å². The molecule has 2 aromatic rings.